The maximum absolute atomic E-state index is 11.6. The Balaban J connectivity index is 4.32. The Kier molecular flexibility index (Phi) is 1.83. The molecule has 2 nitrogen and oxygen atoms in total. The summed E-state index contributed by atoms with van der Waals surface area (Å²) in [5.41, 5.74) is 3.94. The standard InChI is InChI=1S/C4H7F3N2/c1-3(2,9-8)4(5,6)7/h8H,1-2H3. The highest BCUT2D eigenvalue weighted by Gasteiger charge is 2.47. The lowest BCUT2D eigenvalue weighted by Gasteiger charge is -2.20. The van der Waals surface area contributed by atoms with Crippen molar-refractivity contribution in [2.75, 3.05) is 0 Å². The van der Waals surface area contributed by atoms with Crippen molar-refractivity contribution >= 4 is 0 Å². The van der Waals surface area contributed by atoms with Crippen LogP contribution in [0.1, 0.15) is 13.8 Å². The molecule has 0 rings (SSSR count). The third kappa shape index (κ3) is 1.65. The van der Waals surface area contributed by atoms with E-state index < -0.39 is 11.7 Å². The van der Waals surface area contributed by atoms with E-state index in [0.717, 1.165) is 13.8 Å². The van der Waals surface area contributed by atoms with E-state index >= 15 is 0 Å². The third-order valence-corrected chi connectivity index (χ3v) is 0.973. The summed E-state index contributed by atoms with van der Waals surface area (Å²) in [6.07, 6.45) is -4.41. The minimum absolute atomic E-state index is 0.847. The van der Waals surface area contributed by atoms with Crippen molar-refractivity contribution in [1.82, 2.24) is 0 Å². The molecule has 54 valence electrons. The molecule has 0 unspecified atom stereocenters. The van der Waals surface area contributed by atoms with Gasteiger partial charge in [0.2, 0.25) is 0 Å². The summed E-state index contributed by atoms with van der Waals surface area (Å²) in [5.74, 6) is 0. The van der Waals surface area contributed by atoms with E-state index in [-0.39, 0.29) is 0 Å². The summed E-state index contributed by atoms with van der Waals surface area (Å²) in [5, 5.41) is 2.42. The third-order valence-electron chi connectivity index (χ3n) is 0.973. The Hall–Kier alpha value is -0.610. The molecule has 0 aliphatic heterocycles. The monoisotopic (exact) mass is 140 g/mol. The molecule has 0 aromatic rings. The Morgan fingerprint density at radius 3 is 1.56 bits per heavy atom. The second-order valence-electron chi connectivity index (χ2n) is 2.17. The van der Waals surface area contributed by atoms with E-state index in [9.17, 15) is 13.2 Å². The molecule has 1 N–H and O–H groups in total. The first-order valence-electron chi connectivity index (χ1n) is 2.26. The molecule has 0 aliphatic rings. The van der Waals surface area contributed by atoms with Crippen molar-refractivity contribution in [3.8, 4) is 0 Å². The summed E-state index contributed by atoms with van der Waals surface area (Å²) in [7, 11) is 0. The number of hydrogen-bond donors (Lipinski definition) is 1. The van der Waals surface area contributed by atoms with Crippen LogP contribution >= 0.6 is 0 Å². The molecule has 0 spiro atoms. The molecular weight excluding hydrogens is 133 g/mol. The molecule has 0 aliphatic carbocycles. The molecule has 0 heterocycles. The molecule has 0 aromatic heterocycles. The lowest BCUT2D eigenvalue weighted by Crippen LogP contribution is -2.36. The Morgan fingerprint density at radius 2 is 1.56 bits per heavy atom. The van der Waals surface area contributed by atoms with Crippen molar-refractivity contribution < 1.29 is 13.2 Å². The summed E-state index contributed by atoms with van der Waals surface area (Å²) in [6.45, 7) is 1.69. The first kappa shape index (κ1) is 8.39. The van der Waals surface area contributed by atoms with Gasteiger partial charge in [-0.25, -0.2) is 5.53 Å². The van der Waals surface area contributed by atoms with Crippen LogP contribution in [0.15, 0.2) is 5.11 Å². The number of nitrogens with one attached hydrogen (secondary N) is 1. The number of nitrogens with zero attached hydrogens (tertiary/aromatic N) is 1. The van der Waals surface area contributed by atoms with E-state index in [1.165, 1.54) is 0 Å². The van der Waals surface area contributed by atoms with Gasteiger partial charge in [0.05, 0.1) is 0 Å². The highest BCUT2D eigenvalue weighted by atomic mass is 19.4. The summed E-state index contributed by atoms with van der Waals surface area (Å²) in [4.78, 5) is 0. The van der Waals surface area contributed by atoms with E-state index in [1.807, 2.05) is 0 Å². The molecule has 0 amide bonds. The predicted molar refractivity (Wildman–Crippen MR) is 25.3 cm³/mol. The zero-order valence-electron chi connectivity index (χ0n) is 5.08. The molecule has 9 heavy (non-hydrogen) atoms. The van der Waals surface area contributed by atoms with Crippen LogP contribution in [0.2, 0.25) is 0 Å². The van der Waals surface area contributed by atoms with Gasteiger partial charge in [-0.15, -0.1) is 0 Å². The fourth-order valence-corrected chi connectivity index (χ4v) is 0.0634. The molecule has 5 heteroatoms. The molecular formula is C4H7F3N2. The van der Waals surface area contributed by atoms with Gasteiger partial charge >= 0.3 is 6.18 Å². The van der Waals surface area contributed by atoms with Gasteiger partial charge in [0.1, 0.15) is 0 Å². The second kappa shape index (κ2) is 1.97. The van der Waals surface area contributed by atoms with E-state index in [4.69, 9.17) is 5.53 Å². The van der Waals surface area contributed by atoms with Crippen molar-refractivity contribution in [2.45, 2.75) is 25.6 Å². The molecule has 0 atom stereocenters. The minimum Gasteiger partial charge on any atom is -0.209 e. The van der Waals surface area contributed by atoms with Gasteiger partial charge in [-0.05, 0) is 13.8 Å². The van der Waals surface area contributed by atoms with Gasteiger partial charge in [0, 0.05) is 0 Å². The van der Waals surface area contributed by atoms with Crippen LogP contribution in [0.4, 0.5) is 13.2 Å². The van der Waals surface area contributed by atoms with E-state index in [0.29, 0.717) is 0 Å². The average Bonchev–Trinajstić information content (AvgIpc) is 1.64. The molecule has 0 radical (unpaired) electrons. The van der Waals surface area contributed by atoms with Crippen LogP contribution in [0, 0.1) is 5.53 Å². The number of rotatable bonds is 1. The summed E-state index contributed by atoms with van der Waals surface area (Å²) >= 11 is 0. The zero-order chi connectivity index (χ0) is 7.71. The number of hydrogen-bond acceptors (Lipinski definition) is 2. The van der Waals surface area contributed by atoms with Gasteiger partial charge in [-0.1, -0.05) is 0 Å². The quantitative estimate of drug-likeness (QED) is 0.543. The van der Waals surface area contributed by atoms with Gasteiger partial charge < -0.3 is 0 Å². The van der Waals surface area contributed by atoms with Gasteiger partial charge in [0.15, 0.2) is 5.54 Å². The Morgan fingerprint density at radius 1 is 1.22 bits per heavy atom. The maximum Gasteiger partial charge on any atom is 0.414 e. The summed E-state index contributed by atoms with van der Waals surface area (Å²) in [6, 6.07) is 0. The van der Waals surface area contributed by atoms with Crippen LogP contribution < -0.4 is 0 Å². The highest BCUT2D eigenvalue weighted by Crippen LogP contribution is 2.32. The van der Waals surface area contributed by atoms with Gasteiger partial charge in [0.25, 0.3) is 0 Å². The molecule has 0 saturated heterocycles. The number of halogens is 3. The first-order valence-corrected chi connectivity index (χ1v) is 2.26. The lowest BCUT2D eigenvalue weighted by atomic mass is 10.1. The maximum atomic E-state index is 11.6. The van der Waals surface area contributed by atoms with Crippen molar-refractivity contribution in [3.63, 3.8) is 0 Å². The number of alkyl halides is 3. The molecule has 0 fully saturated rings. The SMILES string of the molecule is CC(C)(N=N)C(F)(F)F. The minimum atomic E-state index is -4.41. The zero-order valence-corrected chi connectivity index (χ0v) is 5.08. The Bertz CT molecular complexity index is 115. The Labute approximate surface area is 50.6 Å². The van der Waals surface area contributed by atoms with Gasteiger partial charge in [-0.3, -0.25) is 0 Å². The second-order valence-corrected chi connectivity index (χ2v) is 2.17. The van der Waals surface area contributed by atoms with Crippen molar-refractivity contribution in [3.05, 3.63) is 0 Å². The fourth-order valence-electron chi connectivity index (χ4n) is 0.0634. The van der Waals surface area contributed by atoms with Crippen LogP contribution in [0.25, 0.3) is 0 Å². The fraction of sp³-hybridized carbons (Fsp3) is 1.00. The smallest absolute Gasteiger partial charge is 0.209 e. The van der Waals surface area contributed by atoms with Crippen molar-refractivity contribution in [1.29, 1.82) is 5.53 Å². The topological polar surface area (TPSA) is 36.2 Å². The van der Waals surface area contributed by atoms with E-state index in [1.54, 1.807) is 0 Å². The molecule has 0 bridgehead atoms. The first-order chi connectivity index (χ1) is 3.81. The van der Waals surface area contributed by atoms with Crippen molar-refractivity contribution in [2.24, 2.45) is 5.11 Å². The largest absolute Gasteiger partial charge is 0.414 e. The predicted octanol–water partition coefficient (Wildman–Crippen LogP) is 2.36. The van der Waals surface area contributed by atoms with Crippen LogP contribution in [-0.4, -0.2) is 11.7 Å². The highest BCUT2D eigenvalue weighted by molar-refractivity contribution is 4.82. The molecule has 0 saturated carbocycles. The summed E-state index contributed by atoms with van der Waals surface area (Å²) < 4.78 is 34.9. The van der Waals surface area contributed by atoms with Crippen LogP contribution in [0.3, 0.4) is 0 Å². The van der Waals surface area contributed by atoms with Crippen LogP contribution in [0.5, 0.6) is 0 Å². The van der Waals surface area contributed by atoms with E-state index in [2.05, 4.69) is 5.11 Å². The van der Waals surface area contributed by atoms with Crippen LogP contribution in [-0.2, 0) is 0 Å². The average molecular weight is 140 g/mol. The normalized spacial score (nSPS) is 13.4. The van der Waals surface area contributed by atoms with Gasteiger partial charge in [-0.2, -0.15) is 18.3 Å². The lowest BCUT2D eigenvalue weighted by molar-refractivity contribution is -0.176. The molecule has 0 aromatic carbocycles.